The van der Waals surface area contributed by atoms with Gasteiger partial charge in [-0.25, -0.2) is 14.4 Å². The maximum absolute atomic E-state index is 12.7. The van der Waals surface area contributed by atoms with Crippen LogP contribution in [0.1, 0.15) is 57.0 Å². The number of carbonyl (C=O) groups excluding carboxylic acids is 3. The van der Waals surface area contributed by atoms with E-state index < -0.39 is 24.1 Å². The SMILES string of the molecule is C=C(C)C(=O)OCC(COC(=O)c1cccc2ccccc12)OC(=O)Nc1cccc(C)c1.CC.CCC. The van der Waals surface area contributed by atoms with E-state index in [1.807, 2.05) is 57.2 Å². The lowest BCUT2D eigenvalue weighted by atomic mass is 10.1. The highest BCUT2D eigenvalue weighted by molar-refractivity contribution is 6.04. The van der Waals surface area contributed by atoms with E-state index >= 15 is 0 Å². The predicted octanol–water partition coefficient (Wildman–Crippen LogP) is 7.48. The highest BCUT2D eigenvalue weighted by Gasteiger charge is 2.21. The molecule has 3 aromatic rings. The van der Waals surface area contributed by atoms with Gasteiger partial charge in [-0.1, -0.05) is 89.2 Å². The lowest BCUT2D eigenvalue weighted by Gasteiger charge is -2.19. The van der Waals surface area contributed by atoms with E-state index in [4.69, 9.17) is 14.2 Å². The standard InChI is InChI=1S/C26H25NO6.C3H8.C2H6/c1-17(2)24(28)31-15-21(33-26(30)27-20-11-6-8-18(3)14-20)16-32-25(29)23-13-7-10-19-9-4-5-12-22(19)23;1-3-2;1-2/h4-14,21H,1,15-16H2,2-3H3,(H,27,30);3H2,1-2H3;1-2H3. The van der Waals surface area contributed by atoms with Gasteiger partial charge in [-0.05, 0) is 48.4 Å². The third-order valence-corrected chi connectivity index (χ3v) is 4.70. The van der Waals surface area contributed by atoms with Gasteiger partial charge in [0.05, 0.1) is 5.56 Å². The van der Waals surface area contributed by atoms with E-state index in [1.165, 1.54) is 13.3 Å². The van der Waals surface area contributed by atoms with E-state index in [9.17, 15) is 14.4 Å². The monoisotopic (exact) mass is 521 g/mol. The molecule has 38 heavy (non-hydrogen) atoms. The lowest BCUT2D eigenvalue weighted by molar-refractivity contribution is -0.142. The highest BCUT2D eigenvalue weighted by Crippen LogP contribution is 2.19. The van der Waals surface area contributed by atoms with E-state index in [-0.39, 0.29) is 18.8 Å². The molecule has 0 saturated carbocycles. The number of aryl methyl sites for hydroxylation is 1. The Kier molecular flexibility index (Phi) is 14.6. The average molecular weight is 522 g/mol. The minimum absolute atomic E-state index is 0.200. The van der Waals surface area contributed by atoms with E-state index in [0.29, 0.717) is 11.3 Å². The molecule has 0 aliphatic heterocycles. The topological polar surface area (TPSA) is 90.9 Å². The van der Waals surface area contributed by atoms with Gasteiger partial charge in [0, 0.05) is 11.3 Å². The van der Waals surface area contributed by atoms with Crippen LogP contribution in [-0.2, 0) is 19.0 Å². The Morgan fingerprint density at radius 1 is 0.895 bits per heavy atom. The quantitative estimate of drug-likeness (QED) is 0.188. The molecule has 0 aliphatic rings. The second-order valence-electron chi connectivity index (χ2n) is 8.23. The molecular weight excluding hydrogens is 482 g/mol. The first-order chi connectivity index (χ1) is 18.2. The van der Waals surface area contributed by atoms with Crippen LogP contribution in [0.15, 0.2) is 78.9 Å². The number of amides is 1. The number of fused-ring (bicyclic) bond motifs is 1. The van der Waals surface area contributed by atoms with Crippen molar-refractivity contribution in [2.24, 2.45) is 0 Å². The third kappa shape index (κ3) is 10.9. The maximum atomic E-state index is 12.7. The Hall–Kier alpha value is -4.13. The Morgan fingerprint density at radius 2 is 1.50 bits per heavy atom. The second-order valence-corrected chi connectivity index (χ2v) is 8.23. The van der Waals surface area contributed by atoms with Crippen molar-refractivity contribution >= 4 is 34.5 Å². The number of anilines is 1. The summed E-state index contributed by atoms with van der Waals surface area (Å²) < 4.78 is 15.9. The van der Waals surface area contributed by atoms with Crippen LogP contribution in [-0.4, -0.2) is 37.3 Å². The molecule has 0 saturated heterocycles. The molecule has 0 heterocycles. The van der Waals surface area contributed by atoms with Crippen LogP contribution in [0.5, 0.6) is 0 Å². The summed E-state index contributed by atoms with van der Waals surface area (Å²) >= 11 is 0. The van der Waals surface area contributed by atoms with Gasteiger partial charge in [-0.2, -0.15) is 0 Å². The molecule has 0 fully saturated rings. The minimum atomic E-state index is -1.02. The van der Waals surface area contributed by atoms with Crippen LogP contribution in [0.4, 0.5) is 10.5 Å². The Balaban J connectivity index is 0.00000135. The Morgan fingerprint density at radius 3 is 2.16 bits per heavy atom. The molecular formula is C31H39NO6. The van der Waals surface area contributed by atoms with Gasteiger partial charge >= 0.3 is 18.0 Å². The molecule has 7 nitrogen and oxygen atoms in total. The largest absolute Gasteiger partial charge is 0.458 e. The zero-order valence-electron chi connectivity index (χ0n) is 23.2. The van der Waals surface area contributed by atoms with Gasteiger partial charge in [0.15, 0.2) is 6.10 Å². The fourth-order valence-corrected chi connectivity index (χ4v) is 3.08. The molecule has 204 valence electrons. The average Bonchev–Trinajstić information content (AvgIpc) is 2.91. The fourth-order valence-electron chi connectivity index (χ4n) is 3.08. The zero-order chi connectivity index (χ0) is 28.5. The number of ether oxygens (including phenoxy) is 3. The third-order valence-electron chi connectivity index (χ3n) is 4.70. The molecule has 0 aromatic heterocycles. The van der Waals surface area contributed by atoms with Crippen molar-refractivity contribution in [2.75, 3.05) is 18.5 Å². The normalized spacial score (nSPS) is 10.5. The summed E-state index contributed by atoms with van der Waals surface area (Å²) in [5, 5.41) is 4.25. The number of hydrogen-bond donors (Lipinski definition) is 1. The van der Waals surface area contributed by atoms with Crippen molar-refractivity contribution in [2.45, 2.75) is 54.1 Å². The first-order valence-electron chi connectivity index (χ1n) is 12.8. The van der Waals surface area contributed by atoms with Crippen LogP contribution >= 0.6 is 0 Å². The van der Waals surface area contributed by atoms with Gasteiger partial charge in [-0.3, -0.25) is 5.32 Å². The van der Waals surface area contributed by atoms with Crippen molar-refractivity contribution in [3.05, 3.63) is 90.0 Å². The Labute approximate surface area is 225 Å². The van der Waals surface area contributed by atoms with Crippen molar-refractivity contribution in [3.8, 4) is 0 Å². The molecule has 0 aliphatic carbocycles. The maximum Gasteiger partial charge on any atom is 0.412 e. The Bertz CT molecular complexity index is 1200. The summed E-state index contributed by atoms with van der Waals surface area (Å²) in [5.74, 6) is -1.21. The van der Waals surface area contributed by atoms with Gasteiger partial charge < -0.3 is 14.2 Å². The van der Waals surface area contributed by atoms with Gasteiger partial charge in [0.1, 0.15) is 13.2 Å². The summed E-state index contributed by atoms with van der Waals surface area (Å²) in [6, 6.07) is 19.9. The van der Waals surface area contributed by atoms with Gasteiger partial charge in [0.25, 0.3) is 0 Å². The van der Waals surface area contributed by atoms with Crippen LogP contribution < -0.4 is 5.32 Å². The molecule has 1 amide bonds. The van der Waals surface area contributed by atoms with E-state index in [1.54, 1.807) is 30.3 Å². The molecule has 0 spiro atoms. The summed E-state index contributed by atoms with van der Waals surface area (Å²) in [4.78, 5) is 36.9. The number of carbonyl (C=O) groups is 3. The van der Waals surface area contributed by atoms with Gasteiger partial charge in [-0.15, -0.1) is 0 Å². The van der Waals surface area contributed by atoms with Crippen LogP contribution in [0.3, 0.4) is 0 Å². The number of rotatable bonds is 8. The van der Waals surface area contributed by atoms with Crippen molar-refractivity contribution in [1.82, 2.24) is 0 Å². The first-order valence-corrected chi connectivity index (χ1v) is 12.8. The zero-order valence-corrected chi connectivity index (χ0v) is 23.2. The lowest BCUT2D eigenvalue weighted by Crippen LogP contribution is -2.32. The number of hydrogen-bond acceptors (Lipinski definition) is 6. The minimum Gasteiger partial charge on any atom is -0.458 e. The summed E-state index contributed by atoms with van der Waals surface area (Å²) in [7, 11) is 0. The molecule has 1 atom stereocenters. The molecule has 0 bridgehead atoms. The molecule has 7 heteroatoms. The molecule has 0 radical (unpaired) electrons. The molecule has 1 unspecified atom stereocenters. The molecule has 3 aromatic carbocycles. The fraction of sp³-hybridized carbons (Fsp3) is 0.323. The van der Waals surface area contributed by atoms with E-state index in [0.717, 1.165) is 16.3 Å². The molecule has 3 rings (SSSR count). The number of nitrogens with one attached hydrogen (secondary N) is 1. The highest BCUT2D eigenvalue weighted by atomic mass is 16.6. The van der Waals surface area contributed by atoms with E-state index in [2.05, 4.69) is 25.7 Å². The smallest absolute Gasteiger partial charge is 0.412 e. The number of benzene rings is 3. The van der Waals surface area contributed by atoms with Crippen molar-refractivity contribution in [1.29, 1.82) is 0 Å². The summed E-state index contributed by atoms with van der Waals surface area (Å²) in [5.41, 5.74) is 2.09. The number of esters is 2. The molecule has 1 N–H and O–H groups in total. The van der Waals surface area contributed by atoms with Crippen molar-refractivity contribution in [3.63, 3.8) is 0 Å². The predicted molar refractivity (Wildman–Crippen MR) is 152 cm³/mol. The second kappa shape index (κ2) is 17.3. The van der Waals surface area contributed by atoms with Crippen LogP contribution in [0.25, 0.3) is 10.8 Å². The summed E-state index contributed by atoms with van der Waals surface area (Å²) in [6.07, 6.45) is -0.532. The van der Waals surface area contributed by atoms with Crippen LogP contribution in [0, 0.1) is 6.92 Å². The summed E-state index contributed by atoms with van der Waals surface area (Å²) in [6.45, 7) is 14.6. The first kappa shape index (κ1) is 31.9. The van der Waals surface area contributed by atoms with Crippen molar-refractivity contribution < 1.29 is 28.6 Å². The van der Waals surface area contributed by atoms with Crippen LogP contribution in [0.2, 0.25) is 0 Å². The van der Waals surface area contributed by atoms with Gasteiger partial charge in [0.2, 0.25) is 0 Å².